The number of carbonyl (C=O) groups excluding carboxylic acids is 2. The molecule has 0 radical (unpaired) electrons. The molecule has 1 aromatic rings. The SMILES string of the molecule is CCN1C(=O)COc2cc(NC(=O)NCCN3CCCCC3CO)ccc21. The third-order valence-electron chi connectivity index (χ3n) is 5.12. The second-order valence-electron chi connectivity index (χ2n) is 6.86. The summed E-state index contributed by atoms with van der Waals surface area (Å²) in [5.74, 6) is 0.524. The van der Waals surface area contributed by atoms with Crippen molar-refractivity contribution in [3.05, 3.63) is 18.2 Å². The number of carbonyl (C=O) groups is 2. The number of piperidine rings is 1. The number of benzene rings is 1. The van der Waals surface area contributed by atoms with Gasteiger partial charge in [-0.3, -0.25) is 9.69 Å². The van der Waals surface area contributed by atoms with Crippen molar-refractivity contribution in [3.63, 3.8) is 0 Å². The molecule has 2 aliphatic rings. The van der Waals surface area contributed by atoms with Gasteiger partial charge in [0.15, 0.2) is 6.61 Å². The molecule has 0 spiro atoms. The number of ether oxygens (including phenoxy) is 1. The molecule has 1 atom stereocenters. The maximum absolute atomic E-state index is 12.2. The maximum Gasteiger partial charge on any atom is 0.319 e. The van der Waals surface area contributed by atoms with Crippen LogP contribution in [0.4, 0.5) is 16.2 Å². The summed E-state index contributed by atoms with van der Waals surface area (Å²) in [7, 11) is 0. The Morgan fingerprint density at radius 2 is 2.22 bits per heavy atom. The highest BCUT2D eigenvalue weighted by Gasteiger charge is 2.24. The second kappa shape index (κ2) is 9.05. The summed E-state index contributed by atoms with van der Waals surface area (Å²) in [6.45, 7) is 4.87. The van der Waals surface area contributed by atoms with Gasteiger partial charge in [0.25, 0.3) is 5.91 Å². The molecule has 3 N–H and O–H groups in total. The van der Waals surface area contributed by atoms with Crippen LogP contribution >= 0.6 is 0 Å². The number of hydrogen-bond donors (Lipinski definition) is 3. The normalized spacial score (nSPS) is 20.0. The summed E-state index contributed by atoms with van der Waals surface area (Å²) in [4.78, 5) is 27.9. The molecular weight excluding hydrogens is 348 g/mol. The lowest BCUT2D eigenvalue weighted by atomic mass is 10.0. The van der Waals surface area contributed by atoms with Crippen molar-refractivity contribution in [3.8, 4) is 5.75 Å². The Kier molecular flexibility index (Phi) is 6.52. The molecule has 148 valence electrons. The van der Waals surface area contributed by atoms with Gasteiger partial charge < -0.3 is 25.4 Å². The minimum Gasteiger partial charge on any atom is -0.481 e. The van der Waals surface area contributed by atoms with Crippen LogP contribution in [0.5, 0.6) is 5.75 Å². The zero-order chi connectivity index (χ0) is 19.2. The number of anilines is 2. The number of rotatable bonds is 6. The third-order valence-corrected chi connectivity index (χ3v) is 5.12. The molecule has 1 aromatic carbocycles. The first-order valence-electron chi connectivity index (χ1n) is 9.59. The largest absolute Gasteiger partial charge is 0.481 e. The van der Waals surface area contributed by atoms with Crippen LogP contribution in [0, 0.1) is 0 Å². The van der Waals surface area contributed by atoms with Gasteiger partial charge in [-0.15, -0.1) is 0 Å². The van der Waals surface area contributed by atoms with Gasteiger partial charge in [0.2, 0.25) is 0 Å². The van der Waals surface area contributed by atoms with E-state index in [1.807, 2.05) is 6.92 Å². The minimum absolute atomic E-state index is 0.0123. The van der Waals surface area contributed by atoms with Crippen molar-refractivity contribution in [2.24, 2.45) is 0 Å². The number of nitrogens with zero attached hydrogens (tertiary/aromatic N) is 2. The van der Waals surface area contributed by atoms with Gasteiger partial charge in [-0.1, -0.05) is 6.42 Å². The van der Waals surface area contributed by atoms with Crippen LogP contribution in [0.2, 0.25) is 0 Å². The Labute approximate surface area is 159 Å². The lowest BCUT2D eigenvalue weighted by Crippen LogP contribution is -2.46. The van der Waals surface area contributed by atoms with Gasteiger partial charge in [0.05, 0.1) is 12.3 Å². The smallest absolute Gasteiger partial charge is 0.319 e. The highest BCUT2D eigenvalue weighted by Crippen LogP contribution is 2.34. The van der Waals surface area contributed by atoms with E-state index in [1.165, 1.54) is 0 Å². The predicted molar refractivity (Wildman–Crippen MR) is 103 cm³/mol. The van der Waals surface area contributed by atoms with Crippen LogP contribution in [-0.4, -0.2) is 67.4 Å². The molecule has 2 heterocycles. The fourth-order valence-electron chi connectivity index (χ4n) is 3.68. The summed E-state index contributed by atoms with van der Waals surface area (Å²) in [5, 5.41) is 15.1. The Morgan fingerprint density at radius 3 is 3.00 bits per heavy atom. The summed E-state index contributed by atoms with van der Waals surface area (Å²) in [5.41, 5.74) is 1.34. The van der Waals surface area contributed by atoms with Crippen molar-refractivity contribution in [1.29, 1.82) is 0 Å². The van der Waals surface area contributed by atoms with E-state index in [9.17, 15) is 14.7 Å². The Hall–Kier alpha value is -2.32. The van der Waals surface area contributed by atoms with Gasteiger partial charge in [-0.25, -0.2) is 4.79 Å². The highest BCUT2D eigenvalue weighted by molar-refractivity contribution is 5.98. The lowest BCUT2D eigenvalue weighted by molar-refractivity contribution is -0.121. The number of urea groups is 1. The monoisotopic (exact) mass is 376 g/mol. The number of hydrogen-bond acceptors (Lipinski definition) is 5. The fourth-order valence-corrected chi connectivity index (χ4v) is 3.68. The Bertz CT molecular complexity index is 682. The predicted octanol–water partition coefficient (Wildman–Crippen LogP) is 1.40. The molecule has 0 bridgehead atoms. The van der Waals surface area contributed by atoms with Crippen LogP contribution in [0.25, 0.3) is 0 Å². The molecule has 0 aromatic heterocycles. The van der Waals surface area contributed by atoms with Crippen LogP contribution in [0.1, 0.15) is 26.2 Å². The van der Waals surface area contributed by atoms with Crippen molar-refractivity contribution in [1.82, 2.24) is 10.2 Å². The van der Waals surface area contributed by atoms with E-state index in [0.717, 1.165) is 38.0 Å². The van der Waals surface area contributed by atoms with Crippen molar-refractivity contribution in [2.45, 2.75) is 32.2 Å². The van der Waals surface area contributed by atoms with Crippen molar-refractivity contribution >= 4 is 23.3 Å². The zero-order valence-electron chi connectivity index (χ0n) is 15.7. The van der Waals surface area contributed by atoms with E-state index in [-0.39, 0.29) is 31.2 Å². The van der Waals surface area contributed by atoms with Crippen LogP contribution < -0.4 is 20.3 Å². The average Bonchev–Trinajstić information content (AvgIpc) is 2.68. The second-order valence-corrected chi connectivity index (χ2v) is 6.86. The van der Waals surface area contributed by atoms with Crippen molar-refractivity contribution in [2.75, 3.05) is 49.6 Å². The Balaban J connectivity index is 1.50. The summed E-state index contributed by atoms with van der Waals surface area (Å²) >= 11 is 0. The number of likely N-dealkylation sites (tertiary alicyclic amines) is 1. The number of amides is 3. The number of nitrogens with one attached hydrogen (secondary N) is 2. The number of likely N-dealkylation sites (N-methyl/N-ethyl adjacent to an activating group) is 1. The fraction of sp³-hybridized carbons (Fsp3) is 0.579. The first-order valence-corrected chi connectivity index (χ1v) is 9.59. The standard InChI is InChI=1S/C19H28N4O4/c1-2-23-16-7-6-14(11-17(16)27-13-18(23)25)21-19(26)20-8-10-22-9-4-3-5-15(22)12-24/h6-7,11,15,24H,2-5,8-10,12-13H2,1H3,(H2,20,21,26). The minimum atomic E-state index is -0.285. The van der Waals surface area contributed by atoms with Crippen LogP contribution in [0.3, 0.4) is 0 Å². The van der Waals surface area contributed by atoms with E-state index < -0.39 is 0 Å². The van der Waals surface area contributed by atoms with E-state index >= 15 is 0 Å². The highest BCUT2D eigenvalue weighted by atomic mass is 16.5. The zero-order valence-corrected chi connectivity index (χ0v) is 15.7. The maximum atomic E-state index is 12.2. The molecule has 3 amide bonds. The van der Waals surface area contributed by atoms with Gasteiger partial charge in [-0.05, 0) is 38.4 Å². The molecule has 27 heavy (non-hydrogen) atoms. The van der Waals surface area contributed by atoms with E-state index in [0.29, 0.717) is 24.5 Å². The molecule has 0 saturated carbocycles. The van der Waals surface area contributed by atoms with E-state index in [1.54, 1.807) is 23.1 Å². The van der Waals surface area contributed by atoms with Gasteiger partial charge in [0.1, 0.15) is 5.75 Å². The quantitative estimate of drug-likeness (QED) is 0.698. The molecule has 1 fully saturated rings. The van der Waals surface area contributed by atoms with E-state index in [2.05, 4.69) is 15.5 Å². The lowest BCUT2D eigenvalue weighted by Gasteiger charge is -2.34. The summed E-state index contributed by atoms with van der Waals surface area (Å²) in [6.07, 6.45) is 3.29. The molecule has 0 aliphatic carbocycles. The first kappa shape index (κ1) is 19.4. The van der Waals surface area contributed by atoms with Crippen LogP contribution in [0.15, 0.2) is 18.2 Å². The molecule has 1 saturated heterocycles. The molecular formula is C19H28N4O4. The summed E-state index contributed by atoms with van der Waals surface area (Å²) in [6, 6.07) is 5.19. The molecule has 2 aliphatic heterocycles. The van der Waals surface area contributed by atoms with Gasteiger partial charge in [0, 0.05) is 37.4 Å². The third kappa shape index (κ3) is 4.70. The number of fused-ring (bicyclic) bond motifs is 1. The van der Waals surface area contributed by atoms with Gasteiger partial charge in [-0.2, -0.15) is 0 Å². The van der Waals surface area contributed by atoms with Crippen molar-refractivity contribution < 1.29 is 19.4 Å². The van der Waals surface area contributed by atoms with E-state index in [4.69, 9.17) is 4.74 Å². The molecule has 1 unspecified atom stereocenters. The number of aliphatic hydroxyl groups is 1. The molecule has 3 rings (SSSR count). The van der Waals surface area contributed by atoms with Gasteiger partial charge >= 0.3 is 6.03 Å². The molecule has 8 nitrogen and oxygen atoms in total. The van der Waals surface area contributed by atoms with Crippen LogP contribution in [-0.2, 0) is 4.79 Å². The average molecular weight is 376 g/mol. The topological polar surface area (TPSA) is 94.1 Å². The Morgan fingerprint density at radius 1 is 1.37 bits per heavy atom. The summed E-state index contributed by atoms with van der Waals surface area (Å²) < 4.78 is 5.48. The number of aliphatic hydroxyl groups excluding tert-OH is 1. The molecule has 8 heteroatoms. The first-order chi connectivity index (χ1) is 13.1.